The Morgan fingerprint density at radius 3 is 2.50 bits per heavy atom. The van der Waals surface area contributed by atoms with Crippen LogP contribution in [0.5, 0.6) is 0 Å². The number of hydrogen-bond acceptors (Lipinski definition) is 4. The first-order chi connectivity index (χ1) is 9.74. The number of rotatable bonds is 3. The Morgan fingerprint density at radius 1 is 1.15 bits per heavy atom. The molecule has 1 aromatic heterocycles. The van der Waals surface area contributed by atoms with Crippen LogP contribution in [0, 0.1) is 0 Å². The summed E-state index contributed by atoms with van der Waals surface area (Å²) in [4.78, 5) is 6.73. The molecule has 1 fully saturated rings. The minimum absolute atomic E-state index is 0.544. The molecule has 2 heterocycles. The van der Waals surface area contributed by atoms with Crippen LogP contribution in [0.15, 0.2) is 24.3 Å². The number of H-pyrrole nitrogens is 1. The first-order valence-corrected chi connectivity index (χ1v) is 7.09. The fourth-order valence-corrected chi connectivity index (χ4v) is 2.31. The number of anilines is 1. The third-order valence-electron chi connectivity index (χ3n) is 3.62. The van der Waals surface area contributed by atoms with Gasteiger partial charge in [-0.15, -0.1) is 5.10 Å². The number of hydrogen-bond donors (Lipinski definition) is 1. The minimum atomic E-state index is 0.544. The van der Waals surface area contributed by atoms with Gasteiger partial charge in [0.05, 0.1) is 13.2 Å². The lowest BCUT2D eigenvalue weighted by molar-refractivity contribution is 0.122. The topological polar surface area (TPSA) is 54.0 Å². The maximum Gasteiger partial charge on any atom is 0.245 e. The lowest BCUT2D eigenvalue weighted by atomic mass is 10.0. The van der Waals surface area contributed by atoms with Crippen LogP contribution in [0.3, 0.4) is 0 Å². The second-order valence-corrected chi connectivity index (χ2v) is 5.36. The molecule has 0 radical (unpaired) electrons. The van der Waals surface area contributed by atoms with Crippen molar-refractivity contribution in [2.75, 3.05) is 31.2 Å². The van der Waals surface area contributed by atoms with Gasteiger partial charge in [-0.05, 0) is 11.5 Å². The van der Waals surface area contributed by atoms with Crippen molar-refractivity contribution in [2.24, 2.45) is 0 Å². The Balaban J connectivity index is 1.78. The fraction of sp³-hybridized carbons (Fsp3) is 0.467. The quantitative estimate of drug-likeness (QED) is 0.932. The van der Waals surface area contributed by atoms with Gasteiger partial charge in [0.2, 0.25) is 5.95 Å². The standard InChI is InChI=1S/C15H20N4O/c1-11(2)12-3-5-13(6-4-12)14-16-15(18-17-14)19-7-9-20-10-8-19/h3-6,11H,7-10H2,1-2H3,(H,16,17,18). The summed E-state index contributed by atoms with van der Waals surface area (Å²) in [6.45, 7) is 7.58. The molecule has 1 aliphatic rings. The Morgan fingerprint density at radius 2 is 1.85 bits per heavy atom. The summed E-state index contributed by atoms with van der Waals surface area (Å²) in [6.07, 6.45) is 0. The van der Waals surface area contributed by atoms with Crippen molar-refractivity contribution >= 4 is 5.95 Å². The van der Waals surface area contributed by atoms with Crippen LogP contribution >= 0.6 is 0 Å². The van der Waals surface area contributed by atoms with E-state index in [1.165, 1.54) is 5.56 Å². The summed E-state index contributed by atoms with van der Waals surface area (Å²) in [5.74, 6) is 2.13. The van der Waals surface area contributed by atoms with Crippen molar-refractivity contribution in [1.29, 1.82) is 0 Å². The Kier molecular flexibility index (Phi) is 3.69. The molecule has 0 amide bonds. The SMILES string of the molecule is CC(C)c1ccc(-c2nc(N3CCOCC3)n[nH]2)cc1. The van der Waals surface area contributed by atoms with Crippen LogP contribution < -0.4 is 4.90 Å². The normalized spacial score (nSPS) is 15.8. The van der Waals surface area contributed by atoms with E-state index in [-0.39, 0.29) is 0 Å². The summed E-state index contributed by atoms with van der Waals surface area (Å²) in [5, 5.41) is 7.33. The molecular weight excluding hydrogens is 252 g/mol. The van der Waals surface area contributed by atoms with Crippen molar-refractivity contribution in [3.8, 4) is 11.4 Å². The zero-order valence-electron chi connectivity index (χ0n) is 12.0. The molecule has 0 spiro atoms. The van der Waals surface area contributed by atoms with Crippen molar-refractivity contribution in [3.05, 3.63) is 29.8 Å². The fourth-order valence-electron chi connectivity index (χ4n) is 2.31. The molecule has 0 atom stereocenters. The summed E-state index contributed by atoms with van der Waals surface area (Å²) < 4.78 is 5.34. The van der Waals surface area contributed by atoms with Gasteiger partial charge in [0.15, 0.2) is 5.82 Å². The van der Waals surface area contributed by atoms with Crippen molar-refractivity contribution < 1.29 is 4.74 Å². The highest BCUT2D eigenvalue weighted by atomic mass is 16.5. The van der Waals surface area contributed by atoms with Gasteiger partial charge in [-0.25, -0.2) is 0 Å². The molecule has 1 aromatic carbocycles. The summed E-state index contributed by atoms with van der Waals surface area (Å²) >= 11 is 0. The zero-order chi connectivity index (χ0) is 13.9. The highest BCUT2D eigenvalue weighted by Crippen LogP contribution is 2.21. The molecular formula is C15H20N4O. The van der Waals surface area contributed by atoms with E-state index in [0.717, 1.165) is 43.6 Å². The number of nitrogens with one attached hydrogen (secondary N) is 1. The highest BCUT2D eigenvalue weighted by Gasteiger charge is 2.16. The molecule has 5 nitrogen and oxygen atoms in total. The van der Waals surface area contributed by atoms with E-state index in [1.807, 2.05) is 0 Å². The average Bonchev–Trinajstić information content (AvgIpc) is 2.98. The maximum atomic E-state index is 5.34. The van der Waals surface area contributed by atoms with Gasteiger partial charge in [-0.2, -0.15) is 4.98 Å². The van der Waals surface area contributed by atoms with Gasteiger partial charge in [0, 0.05) is 18.7 Å². The lowest BCUT2D eigenvalue weighted by Gasteiger charge is -2.25. The van der Waals surface area contributed by atoms with Crippen LogP contribution in [-0.2, 0) is 4.74 Å². The number of nitrogens with zero attached hydrogens (tertiary/aromatic N) is 3. The minimum Gasteiger partial charge on any atom is -0.378 e. The molecule has 1 saturated heterocycles. The van der Waals surface area contributed by atoms with Gasteiger partial charge < -0.3 is 9.64 Å². The first-order valence-electron chi connectivity index (χ1n) is 7.09. The van der Waals surface area contributed by atoms with Gasteiger partial charge in [-0.1, -0.05) is 38.1 Å². The van der Waals surface area contributed by atoms with Gasteiger partial charge in [0.25, 0.3) is 0 Å². The Hall–Kier alpha value is -1.88. The van der Waals surface area contributed by atoms with Gasteiger partial charge in [0.1, 0.15) is 0 Å². The zero-order valence-corrected chi connectivity index (χ0v) is 12.0. The van der Waals surface area contributed by atoms with E-state index in [1.54, 1.807) is 0 Å². The van der Waals surface area contributed by atoms with E-state index in [4.69, 9.17) is 4.74 Å². The van der Waals surface area contributed by atoms with Crippen molar-refractivity contribution in [2.45, 2.75) is 19.8 Å². The van der Waals surface area contributed by atoms with Crippen LogP contribution in [0.2, 0.25) is 0 Å². The maximum absolute atomic E-state index is 5.34. The van der Waals surface area contributed by atoms with E-state index in [2.05, 4.69) is 58.2 Å². The Labute approximate surface area is 119 Å². The third kappa shape index (κ3) is 2.67. The molecule has 106 valence electrons. The molecule has 2 aromatic rings. The van der Waals surface area contributed by atoms with Crippen LogP contribution in [-0.4, -0.2) is 41.5 Å². The molecule has 0 aliphatic carbocycles. The molecule has 1 N–H and O–H groups in total. The second-order valence-electron chi connectivity index (χ2n) is 5.36. The predicted molar refractivity (Wildman–Crippen MR) is 78.9 cm³/mol. The van der Waals surface area contributed by atoms with Crippen molar-refractivity contribution in [1.82, 2.24) is 15.2 Å². The molecule has 5 heteroatoms. The average molecular weight is 272 g/mol. The highest BCUT2D eigenvalue weighted by molar-refractivity contribution is 5.57. The van der Waals surface area contributed by atoms with Gasteiger partial charge >= 0.3 is 0 Å². The predicted octanol–water partition coefficient (Wildman–Crippen LogP) is 2.43. The molecule has 1 aliphatic heterocycles. The first kappa shape index (κ1) is 13.1. The number of aromatic amines is 1. The number of aromatic nitrogens is 3. The molecule has 0 saturated carbocycles. The summed E-state index contributed by atoms with van der Waals surface area (Å²) in [6, 6.07) is 8.49. The molecule has 3 rings (SSSR count). The Bertz CT molecular complexity index is 556. The van der Waals surface area contributed by atoms with E-state index < -0.39 is 0 Å². The molecule has 20 heavy (non-hydrogen) atoms. The van der Waals surface area contributed by atoms with Crippen LogP contribution in [0.4, 0.5) is 5.95 Å². The molecule has 0 unspecified atom stereocenters. The van der Waals surface area contributed by atoms with E-state index >= 15 is 0 Å². The smallest absolute Gasteiger partial charge is 0.245 e. The van der Waals surface area contributed by atoms with Crippen LogP contribution in [0.1, 0.15) is 25.3 Å². The van der Waals surface area contributed by atoms with E-state index in [9.17, 15) is 0 Å². The largest absolute Gasteiger partial charge is 0.378 e. The van der Waals surface area contributed by atoms with Crippen LogP contribution in [0.25, 0.3) is 11.4 Å². The number of benzene rings is 1. The number of morpholine rings is 1. The summed E-state index contributed by atoms with van der Waals surface area (Å²) in [7, 11) is 0. The van der Waals surface area contributed by atoms with Crippen molar-refractivity contribution in [3.63, 3.8) is 0 Å². The lowest BCUT2D eigenvalue weighted by Crippen LogP contribution is -2.36. The third-order valence-corrected chi connectivity index (χ3v) is 3.62. The second kappa shape index (κ2) is 5.63. The van der Waals surface area contributed by atoms with Gasteiger partial charge in [-0.3, -0.25) is 5.10 Å². The monoisotopic (exact) mass is 272 g/mol. The molecule has 0 bridgehead atoms. The van der Waals surface area contributed by atoms with E-state index in [0.29, 0.717) is 5.92 Å². The summed E-state index contributed by atoms with van der Waals surface area (Å²) in [5.41, 5.74) is 2.41. The number of ether oxygens (including phenoxy) is 1.